The van der Waals surface area contributed by atoms with Crippen LogP contribution < -0.4 is 9.47 Å². The second kappa shape index (κ2) is 10.6. The van der Waals surface area contributed by atoms with Gasteiger partial charge in [-0.3, -0.25) is 0 Å². The van der Waals surface area contributed by atoms with Gasteiger partial charge in [0.1, 0.15) is 0 Å². The lowest BCUT2D eigenvalue weighted by molar-refractivity contribution is -0.145. The van der Waals surface area contributed by atoms with Gasteiger partial charge < -0.3 is 14.6 Å². The van der Waals surface area contributed by atoms with Crippen molar-refractivity contribution < 1.29 is 19.4 Å². The summed E-state index contributed by atoms with van der Waals surface area (Å²) < 4.78 is 16.0. The van der Waals surface area contributed by atoms with Gasteiger partial charge in [-0.2, -0.15) is 0 Å². The molecule has 0 aliphatic rings. The first-order chi connectivity index (χ1) is 19.0. The van der Waals surface area contributed by atoms with Crippen molar-refractivity contribution in [1.29, 1.82) is 0 Å². The standard InChI is InChI=1S/C32H22Br2O4S/c1-37-24-17-19(16-23(33)30(24)38-25(32(35)36)15-18-9-3-2-4-10-18)27-20-11-5-6-12-21(20)29(34)31-28(27)22-13-7-8-14-26(22)39-31/h2-14,16-17,25H,15H2,1H3,(H,35,36)/t25-/m1/s1. The summed E-state index contributed by atoms with van der Waals surface area (Å²) >= 11 is 9.33. The van der Waals surface area contributed by atoms with E-state index >= 15 is 0 Å². The number of fused-ring (bicyclic) bond motifs is 4. The fourth-order valence-corrected chi connectivity index (χ4v) is 7.51. The second-order valence-electron chi connectivity index (χ2n) is 9.16. The number of halogens is 2. The number of aliphatic carboxylic acids is 1. The summed E-state index contributed by atoms with van der Waals surface area (Å²) in [7, 11) is 1.57. The molecule has 194 valence electrons. The number of carboxylic acids is 1. The zero-order chi connectivity index (χ0) is 27.1. The Hall–Kier alpha value is -3.39. The van der Waals surface area contributed by atoms with Crippen molar-refractivity contribution in [3.8, 4) is 22.6 Å². The van der Waals surface area contributed by atoms with E-state index in [1.54, 1.807) is 18.4 Å². The Labute approximate surface area is 246 Å². The van der Waals surface area contributed by atoms with Gasteiger partial charge in [0.25, 0.3) is 0 Å². The lowest BCUT2D eigenvalue weighted by Gasteiger charge is -2.20. The minimum atomic E-state index is -1.08. The first kappa shape index (κ1) is 25.9. The van der Waals surface area contributed by atoms with Crippen molar-refractivity contribution in [3.63, 3.8) is 0 Å². The van der Waals surface area contributed by atoms with Crippen molar-refractivity contribution in [1.82, 2.24) is 0 Å². The SMILES string of the molecule is COc1cc(-c2c3ccccc3c(Br)c3sc4ccccc4c23)cc(Br)c1O[C@H](Cc1ccccc1)C(=O)O. The number of carboxylic acid groups (broad SMARTS) is 1. The Morgan fingerprint density at radius 3 is 2.28 bits per heavy atom. The Morgan fingerprint density at radius 2 is 1.56 bits per heavy atom. The summed E-state index contributed by atoms with van der Waals surface area (Å²) in [6, 6.07) is 30.1. The summed E-state index contributed by atoms with van der Waals surface area (Å²) in [6.45, 7) is 0. The summed E-state index contributed by atoms with van der Waals surface area (Å²) in [5.41, 5.74) is 2.91. The predicted octanol–water partition coefficient (Wildman–Crippen LogP) is 9.48. The van der Waals surface area contributed by atoms with Gasteiger partial charge in [0.05, 0.1) is 16.3 Å². The van der Waals surface area contributed by atoms with E-state index in [1.165, 1.54) is 14.8 Å². The molecule has 6 aromatic rings. The third-order valence-electron chi connectivity index (χ3n) is 6.80. The van der Waals surface area contributed by atoms with Crippen LogP contribution in [0.1, 0.15) is 5.56 Å². The minimum Gasteiger partial charge on any atom is -0.493 e. The molecule has 0 aliphatic carbocycles. The quantitative estimate of drug-likeness (QED) is 0.185. The molecular formula is C32H22Br2O4S. The molecule has 0 amide bonds. The maximum Gasteiger partial charge on any atom is 0.345 e. The average molecular weight is 662 g/mol. The van der Waals surface area contributed by atoms with Crippen molar-refractivity contribution in [2.45, 2.75) is 12.5 Å². The van der Waals surface area contributed by atoms with Crippen LogP contribution in [0.5, 0.6) is 11.5 Å². The average Bonchev–Trinajstić information content (AvgIpc) is 3.34. The number of ether oxygens (including phenoxy) is 2. The van der Waals surface area contributed by atoms with Crippen LogP contribution in [0.2, 0.25) is 0 Å². The summed E-state index contributed by atoms with van der Waals surface area (Å²) in [5.74, 6) is -0.224. The Bertz CT molecular complexity index is 1860. The predicted molar refractivity (Wildman–Crippen MR) is 166 cm³/mol. The fourth-order valence-electron chi connectivity index (χ4n) is 5.03. The highest BCUT2D eigenvalue weighted by atomic mass is 79.9. The van der Waals surface area contributed by atoms with Gasteiger partial charge in [0.15, 0.2) is 17.6 Å². The van der Waals surface area contributed by atoms with Gasteiger partial charge >= 0.3 is 5.97 Å². The van der Waals surface area contributed by atoms with E-state index in [4.69, 9.17) is 9.47 Å². The van der Waals surface area contributed by atoms with Gasteiger partial charge in [-0.15, -0.1) is 11.3 Å². The van der Waals surface area contributed by atoms with Crippen molar-refractivity contribution in [3.05, 3.63) is 106 Å². The number of carbonyl (C=O) groups is 1. The van der Waals surface area contributed by atoms with Crippen LogP contribution in [-0.4, -0.2) is 24.3 Å². The molecule has 0 fully saturated rings. The van der Waals surface area contributed by atoms with Crippen LogP contribution >= 0.6 is 43.2 Å². The first-order valence-electron chi connectivity index (χ1n) is 12.3. The van der Waals surface area contributed by atoms with Crippen LogP contribution in [0.3, 0.4) is 0 Å². The highest BCUT2D eigenvalue weighted by molar-refractivity contribution is 9.11. The summed E-state index contributed by atoms with van der Waals surface area (Å²) in [6.07, 6.45) is -0.851. The Kier molecular flexibility index (Phi) is 7.06. The topological polar surface area (TPSA) is 55.8 Å². The van der Waals surface area contributed by atoms with Gasteiger partial charge in [-0.1, -0.05) is 72.8 Å². The molecule has 0 saturated carbocycles. The Balaban J connectivity index is 1.54. The summed E-state index contributed by atoms with van der Waals surface area (Å²) in [4.78, 5) is 12.1. The smallest absolute Gasteiger partial charge is 0.345 e. The molecule has 0 aliphatic heterocycles. The highest BCUT2D eigenvalue weighted by Crippen LogP contribution is 2.50. The van der Waals surface area contributed by atoms with Gasteiger partial charge in [0, 0.05) is 26.4 Å². The highest BCUT2D eigenvalue weighted by Gasteiger charge is 2.25. The molecule has 0 radical (unpaired) electrons. The van der Waals surface area contributed by atoms with E-state index in [1.807, 2.05) is 54.6 Å². The van der Waals surface area contributed by atoms with Gasteiger partial charge in [0.2, 0.25) is 0 Å². The number of rotatable bonds is 7. The molecule has 1 aromatic heterocycles. The molecule has 1 atom stereocenters. The van der Waals surface area contributed by atoms with E-state index in [-0.39, 0.29) is 6.42 Å². The normalized spacial score (nSPS) is 12.2. The number of benzene rings is 5. The molecule has 39 heavy (non-hydrogen) atoms. The van der Waals surface area contributed by atoms with Crippen LogP contribution in [-0.2, 0) is 11.2 Å². The van der Waals surface area contributed by atoms with E-state index in [0.717, 1.165) is 37.3 Å². The third kappa shape index (κ3) is 4.69. The molecule has 4 nitrogen and oxygen atoms in total. The zero-order valence-corrected chi connectivity index (χ0v) is 24.8. The first-order valence-corrected chi connectivity index (χ1v) is 14.7. The largest absolute Gasteiger partial charge is 0.493 e. The van der Waals surface area contributed by atoms with Crippen LogP contribution in [0.25, 0.3) is 42.1 Å². The molecule has 5 aromatic carbocycles. The molecule has 0 bridgehead atoms. The molecule has 1 N–H and O–H groups in total. The number of hydrogen-bond acceptors (Lipinski definition) is 4. The maximum atomic E-state index is 12.1. The molecule has 6 rings (SSSR count). The molecule has 1 heterocycles. The Morgan fingerprint density at radius 1 is 0.897 bits per heavy atom. The van der Waals surface area contributed by atoms with Crippen LogP contribution in [0.4, 0.5) is 0 Å². The maximum absolute atomic E-state index is 12.1. The number of thiophene rings is 1. The molecule has 0 spiro atoms. The van der Waals surface area contributed by atoms with Crippen molar-refractivity contribution >= 4 is 80.1 Å². The van der Waals surface area contributed by atoms with Crippen LogP contribution in [0.15, 0.2) is 99.9 Å². The van der Waals surface area contributed by atoms with Crippen molar-refractivity contribution in [2.75, 3.05) is 7.11 Å². The van der Waals surface area contributed by atoms with Gasteiger partial charge in [-0.25, -0.2) is 4.79 Å². The lowest BCUT2D eigenvalue weighted by atomic mass is 9.93. The monoisotopic (exact) mass is 660 g/mol. The number of hydrogen-bond donors (Lipinski definition) is 1. The van der Waals surface area contributed by atoms with E-state index in [2.05, 4.69) is 68.3 Å². The number of methoxy groups -OCH3 is 1. The van der Waals surface area contributed by atoms with Crippen molar-refractivity contribution in [2.24, 2.45) is 0 Å². The minimum absolute atomic E-state index is 0.229. The molecule has 7 heteroatoms. The molecule has 0 saturated heterocycles. The third-order valence-corrected chi connectivity index (χ3v) is 9.66. The van der Waals surface area contributed by atoms with E-state index < -0.39 is 12.1 Å². The lowest BCUT2D eigenvalue weighted by Crippen LogP contribution is -2.29. The summed E-state index contributed by atoms with van der Waals surface area (Å²) in [5, 5.41) is 14.5. The zero-order valence-electron chi connectivity index (χ0n) is 20.8. The molecule has 0 unspecified atom stereocenters. The van der Waals surface area contributed by atoms with Crippen LogP contribution in [0, 0.1) is 0 Å². The van der Waals surface area contributed by atoms with E-state index in [9.17, 15) is 9.90 Å². The van der Waals surface area contributed by atoms with Gasteiger partial charge in [-0.05, 0) is 77.5 Å². The molecular weight excluding hydrogens is 640 g/mol. The van der Waals surface area contributed by atoms with E-state index in [0.29, 0.717) is 16.0 Å². The fraction of sp³-hybridized carbons (Fsp3) is 0.0938. The second-order valence-corrected chi connectivity index (χ2v) is 11.9.